The average Bonchev–Trinajstić information content (AvgIpc) is 2.40. The number of H-pyrrole nitrogens is 1. The van der Waals surface area contributed by atoms with Crippen LogP contribution in [0.25, 0.3) is 10.8 Å². The Labute approximate surface area is 105 Å². The standard InChI is InChI=1S/C14H17N3O/c18-14-12-4-2-1-3-10(12)9-13(17-14)16-11-5-7-15-8-6-11/h1-4,9,11,15H,5-8H2,(H2,16,17,18). The van der Waals surface area contributed by atoms with E-state index < -0.39 is 0 Å². The topological polar surface area (TPSA) is 56.9 Å². The lowest BCUT2D eigenvalue weighted by Gasteiger charge is -2.24. The first-order valence-corrected chi connectivity index (χ1v) is 6.42. The predicted molar refractivity (Wildman–Crippen MR) is 74.1 cm³/mol. The molecule has 94 valence electrons. The molecule has 0 bridgehead atoms. The molecule has 1 aliphatic heterocycles. The van der Waals surface area contributed by atoms with Gasteiger partial charge in [0, 0.05) is 11.4 Å². The Kier molecular flexibility index (Phi) is 3.02. The first-order valence-electron chi connectivity index (χ1n) is 6.42. The molecule has 1 aromatic carbocycles. The maximum Gasteiger partial charge on any atom is 0.257 e. The molecule has 0 unspecified atom stereocenters. The SMILES string of the molecule is O=c1[nH]c(NC2CCNCC2)cc2ccccc12. The summed E-state index contributed by atoms with van der Waals surface area (Å²) < 4.78 is 0. The van der Waals surface area contributed by atoms with Gasteiger partial charge in [0.15, 0.2) is 0 Å². The second-order valence-corrected chi connectivity index (χ2v) is 4.77. The monoisotopic (exact) mass is 243 g/mol. The highest BCUT2D eigenvalue weighted by atomic mass is 16.1. The molecule has 1 saturated heterocycles. The number of hydrogen-bond acceptors (Lipinski definition) is 3. The molecule has 0 amide bonds. The number of aromatic nitrogens is 1. The third-order valence-electron chi connectivity index (χ3n) is 3.45. The van der Waals surface area contributed by atoms with E-state index >= 15 is 0 Å². The van der Waals surface area contributed by atoms with E-state index in [1.54, 1.807) is 0 Å². The zero-order valence-electron chi connectivity index (χ0n) is 10.2. The summed E-state index contributed by atoms with van der Waals surface area (Å²) in [6.07, 6.45) is 2.18. The second kappa shape index (κ2) is 4.82. The first kappa shape index (κ1) is 11.3. The molecule has 3 rings (SSSR count). The van der Waals surface area contributed by atoms with E-state index in [4.69, 9.17) is 0 Å². The fourth-order valence-corrected chi connectivity index (χ4v) is 2.47. The predicted octanol–water partition coefficient (Wildman–Crippen LogP) is 1.69. The summed E-state index contributed by atoms with van der Waals surface area (Å²) >= 11 is 0. The summed E-state index contributed by atoms with van der Waals surface area (Å²) in [6, 6.07) is 10.1. The van der Waals surface area contributed by atoms with Crippen LogP contribution in [-0.2, 0) is 0 Å². The van der Waals surface area contributed by atoms with Crippen LogP contribution in [0.15, 0.2) is 35.1 Å². The van der Waals surface area contributed by atoms with Crippen LogP contribution in [0.3, 0.4) is 0 Å². The van der Waals surface area contributed by atoms with Crippen molar-refractivity contribution in [2.45, 2.75) is 18.9 Å². The van der Waals surface area contributed by atoms with Gasteiger partial charge in [-0.2, -0.15) is 0 Å². The normalized spacial score (nSPS) is 16.9. The Morgan fingerprint density at radius 3 is 2.78 bits per heavy atom. The molecular formula is C14H17N3O. The van der Waals surface area contributed by atoms with Crippen molar-refractivity contribution in [3.05, 3.63) is 40.7 Å². The van der Waals surface area contributed by atoms with Crippen molar-refractivity contribution in [2.75, 3.05) is 18.4 Å². The second-order valence-electron chi connectivity index (χ2n) is 4.77. The van der Waals surface area contributed by atoms with Crippen LogP contribution in [0.2, 0.25) is 0 Å². The molecule has 18 heavy (non-hydrogen) atoms. The number of piperidine rings is 1. The summed E-state index contributed by atoms with van der Waals surface area (Å²) in [7, 11) is 0. The number of pyridine rings is 1. The Hall–Kier alpha value is -1.81. The van der Waals surface area contributed by atoms with E-state index in [9.17, 15) is 4.79 Å². The van der Waals surface area contributed by atoms with E-state index in [1.807, 2.05) is 30.3 Å². The van der Waals surface area contributed by atoms with Crippen molar-refractivity contribution in [1.82, 2.24) is 10.3 Å². The van der Waals surface area contributed by atoms with Gasteiger partial charge in [-0.25, -0.2) is 0 Å². The van der Waals surface area contributed by atoms with Crippen molar-refractivity contribution in [3.8, 4) is 0 Å². The van der Waals surface area contributed by atoms with Gasteiger partial charge in [0.2, 0.25) is 0 Å². The molecule has 0 radical (unpaired) electrons. The van der Waals surface area contributed by atoms with E-state index in [1.165, 1.54) is 0 Å². The lowest BCUT2D eigenvalue weighted by molar-refractivity contribution is 0.478. The van der Waals surface area contributed by atoms with Gasteiger partial charge in [-0.1, -0.05) is 18.2 Å². The van der Waals surface area contributed by atoms with Gasteiger partial charge >= 0.3 is 0 Å². The Morgan fingerprint density at radius 2 is 1.94 bits per heavy atom. The molecule has 0 saturated carbocycles. The zero-order valence-corrected chi connectivity index (χ0v) is 10.2. The molecule has 0 atom stereocenters. The molecule has 1 aliphatic rings. The zero-order chi connectivity index (χ0) is 12.4. The number of benzene rings is 1. The van der Waals surface area contributed by atoms with Gasteiger partial charge in [0.05, 0.1) is 0 Å². The number of anilines is 1. The maximum absolute atomic E-state index is 11.9. The molecule has 4 heteroatoms. The number of rotatable bonds is 2. The van der Waals surface area contributed by atoms with Gasteiger partial charge in [0.1, 0.15) is 5.82 Å². The van der Waals surface area contributed by atoms with Gasteiger partial charge in [-0.05, 0) is 43.5 Å². The lowest BCUT2D eigenvalue weighted by atomic mass is 10.1. The molecule has 2 heterocycles. The van der Waals surface area contributed by atoms with Crippen LogP contribution in [-0.4, -0.2) is 24.1 Å². The van der Waals surface area contributed by atoms with Crippen LogP contribution in [0.1, 0.15) is 12.8 Å². The van der Waals surface area contributed by atoms with Crippen molar-refractivity contribution in [1.29, 1.82) is 0 Å². The minimum absolute atomic E-state index is 0.0236. The van der Waals surface area contributed by atoms with Crippen LogP contribution in [0.4, 0.5) is 5.82 Å². The Bertz CT molecular complexity index is 599. The molecule has 2 aromatic rings. The highest BCUT2D eigenvalue weighted by molar-refractivity contribution is 5.83. The number of aromatic amines is 1. The molecule has 3 N–H and O–H groups in total. The van der Waals surface area contributed by atoms with Crippen molar-refractivity contribution >= 4 is 16.6 Å². The van der Waals surface area contributed by atoms with E-state index in [2.05, 4.69) is 15.6 Å². The smallest absolute Gasteiger partial charge is 0.257 e. The van der Waals surface area contributed by atoms with Crippen molar-refractivity contribution < 1.29 is 0 Å². The molecular weight excluding hydrogens is 226 g/mol. The first-order chi connectivity index (χ1) is 8.83. The van der Waals surface area contributed by atoms with E-state index in [0.717, 1.165) is 42.5 Å². The molecule has 1 aromatic heterocycles. The van der Waals surface area contributed by atoms with Crippen LogP contribution < -0.4 is 16.2 Å². The summed E-state index contributed by atoms with van der Waals surface area (Å²) in [6.45, 7) is 2.07. The van der Waals surface area contributed by atoms with Crippen LogP contribution >= 0.6 is 0 Å². The summed E-state index contributed by atoms with van der Waals surface area (Å²) in [5, 5.41) is 8.48. The van der Waals surface area contributed by atoms with Crippen LogP contribution in [0, 0.1) is 0 Å². The third kappa shape index (κ3) is 2.24. The summed E-state index contributed by atoms with van der Waals surface area (Å²) in [5.74, 6) is 0.825. The Morgan fingerprint density at radius 1 is 1.17 bits per heavy atom. The quantitative estimate of drug-likeness (QED) is 0.752. The summed E-state index contributed by atoms with van der Waals surface area (Å²) in [4.78, 5) is 14.8. The van der Waals surface area contributed by atoms with Crippen LogP contribution in [0.5, 0.6) is 0 Å². The largest absolute Gasteiger partial charge is 0.369 e. The van der Waals surface area contributed by atoms with Crippen molar-refractivity contribution in [2.24, 2.45) is 0 Å². The summed E-state index contributed by atoms with van der Waals surface area (Å²) in [5.41, 5.74) is -0.0236. The van der Waals surface area contributed by atoms with Gasteiger partial charge < -0.3 is 15.6 Å². The van der Waals surface area contributed by atoms with E-state index in [-0.39, 0.29) is 5.56 Å². The molecule has 0 aliphatic carbocycles. The highest BCUT2D eigenvalue weighted by Gasteiger charge is 2.13. The molecule has 0 spiro atoms. The van der Waals surface area contributed by atoms with Gasteiger partial charge in [-0.15, -0.1) is 0 Å². The average molecular weight is 243 g/mol. The highest BCUT2D eigenvalue weighted by Crippen LogP contribution is 2.15. The molecule has 4 nitrogen and oxygen atoms in total. The van der Waals surface area contributed by atoms with Gasteiger partial charge in [0.25, 0.3) is 5.56 Å². The van der Waals surface area contributed by atoms with E-state index in [0.29, 0.717) is 6.04 Å². The maximum atomic E-state index is 11.9. The number of fused-ring (bicyclic) bond motifs is 1. The molecule has 1 fully saturated rings. The number of hydrogen-bond donors (Lipinski definition) is 3. The lowest BCUT2D eigenvalue weighted by Crippen LogP contribution is -2.35. The minimum Gasteiger partial charge on any atom is -0.369 e. The van der Waals surface area contributed by atoms with Gasteiger partial charge in [-0.3, -0.25) is 4.79 Å². The number of nitrogens with one attached hydrogen (secondary N) is 3. The Balaban J connectivity index is 1.90. The fraction of sp³-hybridized carbons (Fsp3) is 0.357. The minimum atomic E-state index is -0.0236. The fourth-order valence-electron chi connectivity index (χ4n) is 2.47. The van der Waals surface area contributed by atoms with Crippen molar-refractivity contribution in [3.63, 3.8) is 0 Å². The third-order valence-corrected chi connectivity index (χ3v) is 3.45.